The summed E-state index contributed by atoms with van der Waals surface area (Å²) in [4.78, 5) is 23.1. The molecule has 1 N–H and O–H groups in total. The lowest BCUT2D eigenvalue weighted by Crippen LogP contribution is -2.42. The van der Waals surface area contributed by atoms with Gasteiger partial charge < -0.3 is 5.32 Å². The fourth-order valence-electron chi connectivity index (χ4n) is 3.32. The van der Waals surface area contributed by atoms with Gasteiger partial charge >= 0.3 is 0 Å². The molecular formula is C18H27N3O5S. The third-order valence-electron chi connectivity index (χ3n) is 4.95. The van der Waals surface area contributed by atoms with Gasteiger partial charge in [0.05, 0.1) is 10.7 Å². The van der Waals surface area contributed by atoms with Crippen molar-refractivity contribution in [1.82, 2.24) is 4.31 Å². The first-order chi connectivity index (χ1) is 12.7. The van der Waals surface area contributed by atoms with Gasteiger partial charge in [0.1, 0.15) is 0 Å². The molecule has 1 aliphatic heterocycles. The molecule has 1 amide bonds. The molecule has 0 saturated carbocycles. The monoisotopic (exact) mass is 397 g/mol. The number of piperidine rings is 1. The Hall–Kier alpha value is -2.00. The smallest absolute Gasteiger partial charge is 0.270 e. The Morgan fingerprint density at radius 3 is 2.30 bits per heavy atom. The molecule has 0 spiro atoms. The number of nitro groups is 1. The first-order valence-corrected chi connectivity index (χ1v) is 10.8. The first kappa shape index (κ1) is 21.3. The lowest BCUT2D eigenvalue weighted by atomic mass is 9.96. The van der Waals surface area contributed by atoms with Crippen LogP contribution in [0.25, 0.3) is 0 Å². The van der Waals surface area contributed by atoms with E-state index in [4.69, 9.17) is 0 Å². The number of nitro benzene ring substituents is 1. The second kappa shape index (κ2) is 8.79. The minimum Gasteiger partial charge on any atom is -0.325 e. The van der Waals surface area contributed by atoms with Crippen molar-refractivity contribution in [2.45, 2.75) is 46.5 Å². The van der Waals surface area contributed by atoms with E-state index in [1.54, 1.807) is 13.8 Å². The Bertz CT molecular complexity index is 791. The molecule has 1 saturated heterocycles. The average Bonchev–Trinajstić information content (AvgIpc) is 2.62. The summed E-state index contributed by atoms with van der Waals surface area (Å²) < 4.78 is 26.0. The number of nitrogens with one attached hydrogen (secondary N) is 1. The molecule has 1 aliphatic rings. The number of carbonyl (C=O) groups excluding carboxylic acids is 1. The van der Waals surface area contributed by atoms with Gasteiger partial charge in [-0.15, -0.1) is 0 Å². The number of aryl methyl sites for hydroxylation is 2. The van der Waals surface area contributed by atoms with Gasteiger partial charge in [-0.3, -0.25) is 14.9 Å². The predicted octanol–water partition coefficient (Wildman–Crippen LogP) is 2.99. The van der Waals surface area contributed by atoms with Crippen molar-refractivity contribution in [1.29, 1.82) is 0 Å². The van der Waals surface area contributed by atoms with Gasteiger partial charge in [-0.1, -0.05) is 13.3 Å². The summed E-state index contributed by atoms with van der Waals surface area (Å²) in [5, 5.41) is 13.8. The SMILES string of the molecule is CCCCS(=O)(=O)N1CCC(C(=O)Nc2c(C)cc([N+](=O)[O-])cc2C)CC1. The van der Waals surface area contributed by atoms with E-state index in [0.717, 1.165) is 6.42 Å². The number of carbonyl (C=O) groups is 1. The van der Waals surface area contributed by atoms with E-state index in [1.165, 1.54) is 16.4 Å². The van der Waals surface area contributed by atoms with Crippen LogP contribution in [0.1, 0.15) is 43.7 Å². The Morgan fingerprint density at radius 2 is 1.81 bits per heavy atom. The van der Waals surface area contributed by atoms with Gasteiger partial charge in [0.2, 0.25) is 15.9 Å². The van der Waals surface area contributed by atoms with Crippen LogP contribution in [0.3, 0.4) is 0 Å². The number of anilines is 1. The number of benzene rings is 1. The van der Waals surface area contributed by atoms with Gasteiger partial charge in [-0.2, -0.15) is 0 Å². The van der Waals surface area contributed by atoms with Gasteiger partial charge in [0.15, 0.2) is 0 Å². The molecule has 1 aromatic carbocycles. The molecule has 0 unspecified atom stereocenters. The molecule has 0 aliphatic carbocycles. The van der Waals surface area contributed by atoms with Crippen LogP contribution in [0.5, 0.6) is 0 Å². The summed E-state index contributed by atoms with van der Waals surface area (Å²) in [6, 6.07) is 2.87. The third-order valence-corrected chi connectivity index (χ3v) is 6.91. The maximum absolute atomic E-state index is 12.6. The average molecular weight is 397 g/mol. The highest BCUT2D eigenvalue weighted by molar-refractivity contribution is 7.89. The highest BCUT2D eigenvalue weighted by atomic mass is 32.2. The van der Waals surface area contributed by atoms with Crippen LogP contribution in [0.2, 0.25) is 0 Å². The number of hydrogen-bond donors (Lipinski definition) is 1. The maximum Gasteiger partial charge on any atom is 0.270 e. The van der Waals surface area contributed by atoms with Gasteiger partial charge in [-0.05, 0) is 44.2 Å². The second-order valence-corrected chi connectivity index (χ2v) is 9.13. The van der Waals surface area contributed by atoms with E-state index >= 15 is 0 Å². The van der Waals surface area contributed by atoms with Crippen LogP contribution in [0.15, 0.2) is 12.1 Å². The van der Waals surface area contributed by atoms with Crippen molar-refractivity contribution < 1.29 is 18.1 Å². The Balaban J connectivity index is 2.00. The van der Waals surface area contributed by atoms with E-state index in [-0.39, 0.29) is 23.3 Å². The van der Waals surface area contributed by atoms with Gasteiger partial charge in [0.25, 0.3) is 5.69 Å². The van der Waals surface area contributed by atoms with Crippen LogP contribution in [0, 0.1) is 29.9 Å². The van der Waals surface area contributed by atoms with Crippen molar-refractivity contribution in [2.24, 2.45) is 5.92 Å². The number of nitrogens with zero attached hydrogens (tertiary/aromatic N) is 2. The topological polar surface area (TPSA) is 110 Å². The quantitative estimate of drug-likeness (QED) is 0.562. The molecular weight excluding hydrogens is 370 g/mol. The summed E-state index contributed by atoms with van der Waals surface area (Å²) in [5.74, 6) is -0.279. The molecule has 2 rings (SSSR count). The summed E-state index contributed by atoms with van der Waals surface area (Å²) in [6.07, 6.45) is 2.41. The van der Waals surface area contributed by atoms with E-state index in [9.17, 15) is 23.3 Å². The van der Waals surface area contributed by atoms with Crippen LogP contribution in [-0.4, -0.2) is 42.4 Å². The summed E-state index contributed by atoms with van der Waals surface area (Å²) in [5.41, 5.74) is 1.85. The molecule has 0 aromatic heterocycles. The molecule has 150 valence electrons. The van der Waals surface area contributed by atoms with Crippen molar-refractivity contribution in [2.75, 3.05) is 24.2 Å². The predicted molar refractivity (Wildman–Crippen MR) is 104 cm³/mol. The minimum atomic E-state index is -3.24. The molecule has 0 atom stereocenters. The van der Waals surface area contributed by atoms with Crippen molar-refractivity contribution in [3.05, 3.63) is 33.4 Å². The van der Waals surface area contributed by atoms with E-state index in [2.05, 4.69) is 5.32 Å². The highest BCUT2D eigenvalue weighted by Gasteiger charge is 2.31. The van der Waals surface area contributed by atoms with Gasteiger partial charge in [-0.25, -0.2) is 12.7 Å². The Kier molecular flexibility index (Phi) is 6.94. The maximum atomic E-state index is 12.6. The lowest BCUT2D eigenvalue weighted by molar-refractivity contribution is -0.384. The van der Waals surface area contributed by atoms with Crippen molar-refractivity contribution in [3.8, 4) is 0 Å². The largest absolute Gasteiger partial charge is 0.325 e. The van der Waals surface area contributed by atoms with Gasteiger partial charge in [0, 0.05) is 36.8 Å². The Labute approximate surface area is 160 Å². The molecule has 1 heterocycles. The fourth-order valence-corrected chi connectivity index (χ4v) is 5.00. The highest BCUT2D eigenvalue weighted by Crippen LogP contribution is 2.28. The second-order valence-electron chi connectivity index (χ2n) is 7.04. The number of rotatable bonds is 7. The zero-order chi connectivity index (χ0) is 20.2. The van der Waals surface area contributed by atoms with E-state index < -0.39 is 14.9 Å². The third kappa shape index (κ3) is 5.26. The summed E-state index contributed by atoms with van der Waals surface area (Å²) >= 11 is 0. The Morgan fingerprint density at radius 1 is 1.26 bits per heavy atom. The summed E-state index contributed by atoms with van der Waals surface area (Å²) in [7, 11) is -3.24. The number of hydrogen-bond acceptors (Lipinski definition) is 5. The molecule has 0 bridgehead atoms. The number of sulfonamides is 1. The zero-order valence-corrected chi connectivity index (χ0v) is 16.8. The minimum absolute atomic E-state index is 0.00593. The molecule has 1 fully saturated rings. The fraction of sp³-hybridized carbons (Fsp3) is 0.611. The lowest BCUT2D eigenvalue weighted by Gasteiger charge is -2.30. The molecule has 27 heavy (non-hydrogen) atoms. The number of unbranched alkanes of at least 4 members (excludes halogenated alkanes) is 1. The number of non-ortho nitro benzene ring substituents is 1. The first-order valence-electron chi connectivity index (χ1n) is 9.20. The van der Waals surface area contributed by atoms with E-state index in [1.807, 2.05) is 6.92 Å². The number of amides is 1. The van der Waals surface area contributed by atoms with Crippen molar-refractivity contribution >= 4 is 27.3 Å². The molecule has 9 heteroatoms. The zero-order valence-electron chi connectivity index (χ0n) is 16.0. The summed E-state index contributed by atoms with van der Waals surface area (Å²) in [6.45, 7) is 6.09. The normalized spacial score (nSPS) is 16.3. The van der Waals surface area contributed by atoms with Crippen LogP contribution >= 0.6 is 0 Å². The molecule has 0 radical (unpaired) electrons. The van der Waals surface area contributed by atoms with Crippen LogP contribution in [-0.2, 0) is 14.8 Å². The molecule has 8 nitrogen and oxygen atoms in total. The van der Waals surface area contributed by atoms with Crippen LogP contribution in [0.4, 0.5) is 11.4 Å². The standard InChI is InChI=1S/C18H27N3O5S/c1-4-5-10-27(25,26)20-8-6-15(7-9-20)18(22)19-17-13(2)11-16(21(23)24)12-14(17)3/h11-12,15H,4-10H2,1-3H3,(H,19,22). The molecule has 1 aromatic rings. The van der Waals surface area contributed by atoms with E-state index in [0.29, 0.717) is 49.2 Å². The van der Waals surface area contributed by atoms with Crippen LogP contribution < -0.4 is 5.32 Å². The van der Waals surface area contributed by atoms with Crippen molar-refractivity contribution in [3.63, 3.8) is 0 Å².